The molecule has 1 rings (SSSR count). The topological polar surface area (TPSA) is 84.9 Å². The zero-order valence-electron chi connectivity index (χ0n) is 10.4. The number of aromatic carboxylic acids is 1. The molecule has 2 N–H and O–H groups in total. The first-order valence-electron chi connectivity index (χ1n) is 5.22. The van der Waals surface area contributed by atoms with Crippen molar-refractivity contribution in [2.24, 2.45) is 0 Å². The second-order valence-corrected chi connectivity index (χ2v) is 3.51. The van der Waals surface area contributed by atoms with Crippen LogP contribution in [0.4, 0.5) is 0 Å². The van der Waals surface area contributed by atoms with Crippen molar-refractivity contribution in [3.63, 3.8) is 0 Å². The number of likely N-dealkylation sites (N-methyl/N-ethyl adjacent to an activating group) is 1. The van der Waals surface area contributed by atoms with Crippen molar-refractivity contribution in [1.82, 2.24) is 5.32 Å². The number of hydrogen-bond acceptors (Lipinski definition) is 4. The predicted octanol–water partition coefficient (Wildman–Crippen LogP) is 0.690. The minimum absolute atomic E-state index is 0.0457. The quantitative estimate of drug-likeness (QED) is 0.806. The molecule has 98 valence electrons. The maximum absolute atomic E-state index is 11.4. The highest BCUT2D eigenvalue weighted by atomic mass is 16.5. The maximum atomic E-state index is 11.4. The molecule has 1 aromatic carbocycles. The van der Waals surface area contributed by atoms with Gasteiger partial charge in [-0.05, 0) is 12.1 Å². The summed E-state index contributed by atoms with van der Waals surface area (Å²) in [6, 6.07) is 2.73. The lowest BCUT2D eigenvalue weighted by molar-refractivity contribution is -0.120. The minimum atomic E-state index is -1.09. The van der Waals surface area contributed by atoms with E-state index in [4.69, 9.17) is 14.6 Å². The van der Waals surface area contributed by atoms with Crippen molar-refractivity contribution >= 4 is 11.9 Å². The number of ether oxygens (including phenoxy) is 2. The molecule has 0 aliphatic rings. The lowest BCUT2D eigenvalue weighted by Gasteiger charge is -2.13. The van der Waals surface area contributed by atoms with Gasteiger partial charge in [-0.25, -0.2) is 4.79 Å². The summed E-state index contributed by atoms with van der Waals surface area (Å²) in [6.07, 6.45) is 0.0583. The highest BCUT2D eigenvalue weighted by Gasteiger charge is 2.17. The molecule has 6 nitrogen and oxygen atoms in total. The first-order valence-corrected chi connectivity index (χ1v) is 5.22. The number of carbonyl (C=O) groups excluding carboxylic acids is 1. The summed E-state index contributed by atoms with van der Waals surface area (Å²) >= 11 is 0. The molecule has 0 bridgehead atoms. The van der Waals surface area contributed by atoms with E-state index in [-0.39, 0.29) is 17.9 Å². The first kappa shape index (κ1) is 13.8. The standard InChI is InChI=1S/C12H15NO5/c1-13-11(14)6-8-9(17-2)4-7(12(15)16)5-10(8)18-3/h4-5H,6H2,1-3H3,(H,13,14)(H,15,16). The zero-order chi connectivity index (χ0) is 13.7. The average Bonchev–Trinajstić information content (AvgIpc) is 2.38. The summed E-state index contributed by atoms with van der Waals surface area (Å²) in [7, 11) is 4.34. The number of carbonyl (C=O) groups is 2. The van der Waals surface area contributed by atoms with E-state index in [1.807, 2.05) is 0 Å². The van der Waals surface area contributed by atoms with E-state index < -0.39 is 5.97 Å². The number of carboxylic acid groups (broad SMARTS) is 1. The van der Waals surface area contributed by atoms with Crippen LogP contribution >= 0.6 is 0 Å². The summed E-state index contributed by atoms with van der Waals surface area (Å²) < 4.78 is 10.2. The van der Waals surface area contributed by atoms with Crippen LogP contribution in [0.1, 0.15) is 15.9 Å². The van der Waals surface area contributed by atoms with Gasteiger partial charge in [0.2, 0.25) is 5.91 Å². The number of carboxylic acids is 1. The molecule has 0 unspecified atom stereocenters. The minimum Gasteiger partial charge on any atom is -0.496 e. The number of amides is 1. The largest absolute Gasteiger partial charge is 0.496 e. The maximum Gasteiger partial charge on any atom is 0.335 e. The predicted molar refractivity (Wildman–Crippen MR) is 64.3 cm³/mol. The van der Waals surface area contributed by atoms with Crippen molar-refractivity contribution in [3.8, 4) is 11.5 Å². The Morgan fingerprint density at radius 1 is 1.22 bits per heavy atom. The molecule has 1 amide bonds. The Balaban J connectivity index is 3.29. The SMILES string of the molecule is CNC(=O)Cc1c(OC)cc(C(=O)O)cc1OC. The lowest BCUT2D eigenvalue weighted by Crippen LogP contribution is -2.20. The Kier molecular flexibility index (Phi) is 4.53. The highest BCUT2D eigenvalue weighted by Crippen LogP contribution is 2.31. The molecule has 0 aromatic heterocycles. The molecule has 0 saturated carbocycles. The molecule has 0 saturated heterocycles. The Bertz CT molecular complexity index is 445. The number of methoxy groups -OCH3 is 2. The third kappa shape index (κ3) is 2.91. The Hall–Kier alpha value is -2.24. The number of rotatable bonds is 5. The molecule has 0 atom stereocenters. The summed E-state index contributed by atoms with van der Waals surface area (Å²) in [6.45, 7) is 0. The van der Waals surface area contributed by atoms with Gasteiger partial charge in [-0.1, -0.05) is 0 Å². The van der Waals surface area contributed by atoms with E-state index >= 15 is 0 Å². The van der Waals surface area contributed by atoms with Gasteiger partial charge in [0, 0.05) is 12.6 Å². The fourth-order valence-corrected chi connectivity index (χ4v) is 1.53. The average molecular weight is 253 g/mol. The van der Waals surface area contributed by atoms with Crippen LogP contribution in [-0.4, -0.2) is 38.3 Å². The van der Waals surface area contributed by atoms with Gasteiger partial charge >= 0.3 is 5.97 Å². The molecule has 0 spiro atoms. The van der Waals surface area contributed by atoms with Crippen LogP contribution in [0.5, 0.6) is 11.5 Å². The van der Waals surface area contributed by atoms with Crippen molar-refractivity contribution in [1.29, 1.82) is 0 Å². The number of benzene rings is 1. The molecule has 0 aliphatic heterocycles. The summed E-state index contributed by atoms with van der Waals surface area (Å²) in [5.74, 6) is -0.668. The molecular weight excluding hydrogens is 238 g/mol. The van der Waals surface area contributed by atoms with Crippen LogP contribution in [-0.2, 0) is 11.2 Å². The molecule has 1 aromatic rings. The molecule has 0 aliphatic carbocycles. The first-order chi connectivity index (χ1) is 8.53. The molecule has 18 heavy (non-hydrogen) atoms. The van der Waals surface area contributed by atoms with Crippen LogP contribution in [0.15, 0.2) is 12.1 Å². The van der Waals surface area contributed by atoms with E-state index in [9.17, 15) is 9.59 Å². The summed E-state index contributed by atoms with van der Waals surface area (Å²) in [5.41, 5.74) is 0.564. The third-order valence-corrected chi connectivity index (χ3v) is 2.47. The second kappa shape index (κ2) is 5.90. The van der Waals surface area contributed by atoms with Gasteiger partial charge in [-0.2, -0.15) is 0 Å². The van der Waals surface area contributed by atoms with Crippen LogP contribution in [0.25, 0.3) is 0 Å². The van der Waals surface area contributed by atoms with Crippen LogP contribution in [0.2, 0.25) is 0 Å². The molecule has 0 fully saturated rings. The van der Waals surface area contributed by atoms with Crippen molar-refractivity contribution in [2.45, 2.75) is 6.42 Å². The Labute approximate surface area is 105 Å². The number of hydrogen-bond donors (Lipinski definition) is 2. The third-order valence-electron chi connectivity index (χ3n) is 2.47. The fourth-order valence-electron chi connectivity index (χ4n) is 1.53. The summed E-state index contributed by atoms with van der Waals surface area (Å²) in [4.78, 5) is 22.3. The molecule has 0 radical (unpaired) electrons. The molecule has 6 heteroatoms. The van der Waals surface area contributed by atoms with Gasteiger partial charge in [-0.15, -0.1) is 0 Å². The zero-order valence-corrected chi connectivity index (χ0v) is 10.4. The van der Waals surface area contributed by atoms with Crippen LogP contribution in [0.3, 0.4) is 0 Å². The molecular formula is C12H15NO5. The molecule has 0 heterocycles. The fraction of sp³-hybridized carbons (Fsp3) is 0.333. The van der Waals surface area contributed by atoms with Crippen LogP contribution < -0.4 is 14.8 Å². The smallest absolute Gasteiger partial charge is 0.335 e. The monoisotopic (exact) mass is 253 g/mol. The van der Waals surface area contributed by atoms with Crippen molar-refractivity contribution in [3.05, 3.63) is 23.3 Å². The van der Waals surface area contributed by atoms with E-state index in [0.29, 0.717) is 17.1 Å². The second-order valence-electron chi connectivity index (χ2n) is 3.51. The van der Waals surface area contributed by atoms with E-state index in [1.165, 1.54) is 33.4 Å². The van der Waals surface area contributed by atoms with Gasteiger partial charge in [0.1, 0.15) is 11.5 Å². The lowest BCUT2D eigenvalue weighted by atomic mass is 10.1. The Morgan fingerprint density at radius 2 is 1.72 bits per heavy atom. The Morgan fingerprint density at radius 3 is 2.06 bits per heavy atom. The van der Waals surface area contributed by atoms with E-state index in [2.05, 4.69) is 5.32 Å². The van der Waals surface area contributed by atoms with E-state index in [1.54, 1.807) is 0 Å². The van der Waals surface area contributed by atoms with Gasteiger partial charge in [0.15, 0.2) is 0 Å². The van der Waals surface area contributed by atoms with Gasteiger partial charge in [0.05, 0.1) is 26.2 Å². The number of nitrogens with one attached hydrogen (secondary N) is 1. The van der Waals surface area contributed by atoms with E-state index in [0.717, 1.165) is 0 Å². The van der Waals surface area contributed by atoms with Crippen LogP contribution in [0, 0.1) is 0 Å². The van der Waals surface area contributed by atoms with Gasteiger partial charge in [0.25, 0.3) is 0 Å². The van der Waals surface area contributed by atoms with Crippen molar-refractivity contribution < 1.29 is 24.2 Å². The van der Waals surface area contributed by atoms with Gasteiger partial charge in [-0.3, -0.25) is 4.79 Å². The highest BCUT2D eigenvalue weighted by molar-refractivity contribution is 5.90. The normalized spacial score (nSPS) is 9.72. The van der Waals surface area contributed by atoms with Gasteiger partial charge < -0.3 is 19.9 Å². The summed E-state index contributed by atoms with van der Waals surface area (Å²) in [5, 5.41) is 11.4. The van der Waals surface area contributed by atoms with Crippen molar-refractivity contribution in [2.75, 3.05) is 21.3 Å².